The maximum Gasteiger partial charge on any atom is 0.227 e. The fourth-order valence-electron chi connectivity index (χ4n) is 3.65. The highest BCUT2D eigenvalue weighted by Crippen LogP contribution is 2.42. The Bertz CT molecular complexity index is 623. The molecule has 0 saturated heterocycles. The Labute approximate surface area is 147 Å². The van der Waals surface area contributed by atoms with E-state index in [1.807, 2.05) is 9.71 Å². The van der Waals surface area contributed by atoms with Crippen LogP contribution in [0.25, 0.3) is 0 Å². The highest BCUT2D eigenvalue weighted by molar-refractivity contribution is 9.10. The average molecular weight is 377 g/mol. The third-order valence-electron chi connectivity index (χ3n) is 4.84. The number of anilines is 1. The van der Waals surface area contributed by atoms with Crippen molar-refractivity contribution in [2.75, 3.05) is 38.3 Å². The molecule has 0 bridgehead atoms. The minimum atomic E-state index is 0.178. The Morgan fingerprint density at radius 1 is 1.39 bits per heavy atom. The normalized spacial score (nSPS) is 21.8. The van der Waals surface area contributed by atoms with Crippen LogP contribution in [-0.4, -0.2) is 52.1 Å². The highest BCUT2D eigenvalue weighted by atomic mass is 79.9. The van der Waals surface area contributed by atoms with Gasteiger partial charge in [0.05, 0.1) is 12.3 Å². The molecular weight excluding hydrogens is 355 g/mol. The van der Waals surface area contributed by atoms with Crippen molar-refractivity contribution in [3.63, 3.8) is 0 Å². The fraction of sp³-hybridized carbons (Fsp3) is 0.588. The summed E-state index contributed by atoms with van der Waals surface area (Å²) in [6.07, 6.45) is 2.28. The number of nitrogens with zero attached hydrogens (tertiary/aromatic N) is 2. The largest absolute Gasteiger partial charge is 0.383 e. The molecule has 0 spiro atoms. The summed E-state index contributed by atoms with van der Waals surface area (Å²) in [5, 5.41) is 0. The molecule has 0 aliphatic carbocycles. The number of amides is 1. The molecule has 1 unspecified atom stereocenters. The molecule has 2 aliphatic rings. The zero-order valence-electron chi connectivity index (χ0n) is 13.8. The van der Waals surface area contributed by atoms with Crippen LogP contribution < -0.4 is 4.90 Å². The molecular formula is C17H22BBrN2O2. The second-order valence-electron chi connectivity index (χ2n) is 6.45. The molecule has 23 heavy (non-hydrogen) atoms. The zero-order chi connectivity index (χ0) is 16.6. The first-order chi connectivity index (χ1) is 11.0. The number of carbonyl (C=O) groups is 1. The van der Waals surface area contributed by atoms with Crippen molar-refractivity contribution in [2.45, 2.75) is 32.1 Å². The molecule has 2 heterocycles. The van der Waals surface area contributed by atoms with E-state index in [0.29, 0.717) is 25.5 Å². The third-order valence-corrected chi connectivity index (χ3v) is 5.70. The molecule has 1 amide bonds. The number of rotatable bonds is 3. The smallest absolute Gasteiger partial charge is 0.227 e. The van der Waals surface area contributed by atoms with Crippen LogP contribution in [0.4, 0.5) is 5.69 Å². The summed E-state index contributed by atoms with van der Waals surface area (Å²) in [6, 6.07) is 2.30. The summed E-state index contributed by atoms with van der Waals surface area (Å²) in [5.74, 6) is 0.571. The predicted molar refractivity (Wildman–Crippen MR) is 96.1 cm³/mol. The lowest BCUT2D eigenvalue weighted by atomic mass is 9.89. The first kappa shape index (κ1) is 17.0. The van der Waals surface area contributed by atoms with Gasteiger partial charge in [-0.25, -0.2) is 0 Å². The van der Waals surface area contributed by atoms with Gasteiger partial charge in [-0.2, -0.15) is 0 Å². The van der Waals surface area contributed by atoms with Gasteiger partial charge in [0.2, 0.25) is 5.91 Å². The molecule has 4 nitrogen and oxygen atoms in total. The van der Waals surface area contributed by atoms with Crippen molar-refractivity contribution in [1.29, 1.82) is 0 Å². The Morgan fingerprint density at radius 2 is 2.17 bits per heavy atom. The topological polar surface area (TPSA) is 32.8 Å². The van der Waals surface area contributed by atoms with Crippen LogP contribution in [0.2, 0.25) is 0 Å². The molecule has 6 heteroatoms. The van der Waals surface area contributed by atoms with Crippen LogP contribution >= 0.6 is 15.9 Å². The van der Waals surface area contributed by atoms with Crippen LogP contribution in [0.1, 0.15) is 36.0 Å². The van der Waals surface area contributed by atoms with E-state index in [0.717, 1.165) is 36.1 Å². The minimum Gasteiger partial charge on any atom is -0.383 e. The summed E-state index contributed by atoms with van der Waals surface area (Å²) in [4.78, 5) is 16.2. The van der Waals surface area contributed by atoms with Crippen molar-refractivity contribution < 1.29 is 9.53 Å². The fourth-order valence-corrected chi connectivity index (χ4v) is 4.54. The summed E-state index contributed by atoms with van der Waals surface area (Å²) in [7, 11) is 7.73. The molecule has 0 saturated carbocycles. The van der Waals surface area contributed by atoms with Gasteiger partial charge in [0.25, 0.3) is 0 Å². The van der Waals surface area contributed by atoms with E-state index in [1.54, 1.807) is 7.11 Å². The standard InChI is InChI=1S/C17H22BBrN2O2/c1-11-10-20(18)6-5-13-14(11)9-12-3-4-15(22)21(7-8-23-2)17(12)16(13)19/h9,11H,3-8,10H2,1-2H3. The van der Waals surface area contributed by atoms with E-state index in [2.05, 4.69) is 28.9 Å². The van der Waals surface area contributed by atoms with Crippen LogP contribution in [0.3, 0.4) is 0 Å². The first-order valence-electron chi connectivity index (χ1n) is 8.16. The Morgan fingerprint density at radius 3 is 2.91 bits per heavy atom. The third kappa shape index (κ3) is 3.21. The van der Waals surface area contributed by atoms with Gasteiger partial charge in [-0.3, -0.25) is 4.79 Å². The van der Waals surface area contributed by atoms with E-state index < -0.39 is 0 Å². The van der Waals surface area contributed by atoms with Crippen molar-refractivity contribution in [3.05, 3.63) is 27.2 Å². The van der Waals surface area contributed by atoms with Gasteiger partial charge >= 0.3 is 0 Å². The quantitative estimate of drug-likeness (QED) is 0.759. The number of methoxy groups -OCH3 is 1. The molecule has 1 aromatic rings. The van der Waals surface area contributed by atoms with Gasteiger partial charge in [-0.05, 0) is 64.5 Å². The molecule has 0 fully saturated rings. The van der Waals surface area contributed by atoms with Crippen molar-refractivity contribution in [3.8, 4) is 0 Å². The molecule has 122 valence electrons. The summed E-state index contributed by atoms with van der Waals surface area (Å²) >= 11 is 3.80. The number of carbonyl (C=O) groups excluding carboxylic acids is 1. The number of ether oxygens (including phenoxy) is 1. The summed E-state index contributed by atoms with van der Waals surface area (Å²) in [5.41, 5.74) is 4.95. The number of fused-ring (bicyclic) bond motifs is 2. The number of hydrogen-bond donors (Lipinski definition) is 0. The first-order valence-corrected chi connectivity index (χ1v) is 8.95. The van der Waals surface area contributed by atoms with Gasteiger partial charge in [-0.15, -0.1) is 0 Å². The van der Waals surface area contributed by atoms with Gasteiger partial charge < -0.3 is 14.4 Å². The van der Waals surface area contributed by atoms with Crippen LogP contribution in [0.5, 0.6) is 0 Å². The zero-order valence-corrected chi connectivity index (χ0v) is 15.4. The Kier molecular flexibility index (Phi) is 5.14. The molecule has 2 radical (unpaired) electrons. The number of aryl methyl sites for hydroxylation is 1. The maximum absolute atomic E-state index is 12.4. The molecule has 1 atom stereocenters. The lowest BCUT2D eigenvalue weighted by Crippen LogP contribution is -2.38. The number of benzene rings is 1. The van der Waals surface area contributed by atoms with Gasteiger partial charge in [-0.1, -0.05) is 13.0 Å². The van der Waals surface area contributed by atoms with Gasteiger partial charge in [0, 0.05) is 24.5 Å². The van der Waals surface area contributed by atoms with Crippen LogP contribution in [0.15, 0.2) is 10.5 Å². The lowest BCUT2D eigenvalue weighted by molar-refractivity contribution is -0.119. The Balaban J connectivity index is 2.08. The van der Waals surface area contributed by atoms with Crippen LogP contribution in [-0.2, 0) is 22.4 Å². The average Bonchev–Trinajstić information content (AvgIpc) is 2.66. The summed E-state index contributed by atoms with van der Waals surface area (Å²) in [6.45, 7) is 5.06. The lowest BCUT2D eigenvalue weighted by Gasteiger charge is -2.32. The predicted octanol–water partition coefficient (Wildman–Crippen LogP) is 2.42. The highest BCUT2D eigenvalue weighted by Gasteiger charge is 2.30. The maximum atomic E-state index is 12.4. The number of hydrogen-bond acceptors (Lipinski definition) is 3. The van der Waals surface area contributed by atoms with Gasteiger partial charge in [0.15, 0.2) is 7.98 Å². The molecule has 0 N–H and O–H groups in total. The summed E-state index contributed by atoms with van der Waals surface area (Å²) < 4.78 is 6.25. The van der Waals surface area contributed by atoms with E-state index in [1.165, 1.54) is 16.7 Å². The van der Waals surface area contributed by atoms with E-state index >= 15 is 0 Å². The second kappa shape index (κ2) is 6.95. The molecule has 2 aliphatic heterocycles. The monoisotopic (exact) mass is 376 g/mol. The second-order valence-corrected chi connectivity index (χ2v) is 7.24. The van der Waals surface area contributed by atoms with Crippen molar-refractivity contribution in [1.82, 2.24) is 4.81 Å². The van der Waals surface area contributed by atoms with Crippen molar-refractivity contribution >= 4 is 35.5 Å². The van der Waals surface area contributed by atoms with E-state index in [4.69, 9.17) is 12.7 Å². The minimum absolute atomic E-state index is 0.178. The number of halogens is 1. The molecule has 3 rings (SSSR count). The molecule has 0 aromatic heterocycles. The SMILES string of the molecule is [B]N1CCc2c(cc3c(c2Br)N(CCOC)C(=O)CC3)C(C)C1. The Hall–Kier alpha value is -0.845. The van der Waals surface area contributed by atoms with E-state index in [9.17, 15) is 4.79 Å². The van der Waals surface area contributed by atoms with Crippen molar-refractivity contribution in [2.24, 2.45) is 0 Å². The molecule has 1 aromatic carbocycles. The van der Waals surface area contributed by atoms with Gasteiger partial charge in [0.1, 0.15) is 0 Å². The van der Waals surface area contributed by atoms with E-state index in [-0.39, 0.29) is 5.91 Å². The van der Waals surface area contributed by atoms with Crippen LogP contribution in [0, 0.1) is 0 Å².